The summed E-state index contributed by atoms with van der Waals surface area (Å²) in [6.07, 6.45) is 0. The number of hydrogen-bond donors (Lipinski definition) is 1. The number of fused-ring (bicyclic) bond motifs is 4. The molecule has 0 bridgehead atoms. The van der Waals surface area contributed by atoms with Crippen LogP contribution in [0.5, 0.6) is 5.75 Å². The molecule has 0 unspecified atom stereocenters. The van der Waals surface area contributed by atoms with Crippen LogP contribution >= 0.6 is 11.8 Å². The van der Waals surface area contributed by atoms with Gasteiger partial charge in [0.05, 0.1) is 22.4 Å². The third kappa shape index (κ3) is 1.68. The summed E-state index contributed by atoms with van der Waals surface area (Å²) in [5.41, 5.74) is 3.53. The van der Waals surface area contributed by atoms with Gasteiger partial charge in [-0.3, -0.25) is 0 Å². The highest BCUT2D eigenvalue weighted by molar-refractivity contribution is 7.99. The van der Waals surface area contributed by atoms with E-state index >= 15 is 0 Å². The molecule has 0 spiro atoms. The summed E-state index contributed by atoms with van der Waals surface area (Å²) in [5.74, 6) is 0.300. The zero-order valence-electron chi connectivity index (χ0n) is 12.6. The first kappa shape index (κ1) is 13.0. The summed E-state index contributed by atoms with van der Waals surface area (Å²) in [6, 6.07) is 20.7. The maximum absolute atomic E-state index is 9.94. The molecule has 2 heterocycles. The molecule has 1 aliphatic rings. The molecular formula is C20H14NOS+. The topological polar surface area (TPSA) is 24.1 Å². The molecule has 0 saturated carbocycles. The first-order chi connectivity index (χ1) is 11.2. The number of aryl methyl sites for hydroxylation is 1. The van der Waals surface area contributed by atoms with E-state index < -0.39 is 0 Å². The Balaban J connectivity index is 2.10. The van der Waals surface area contributed by atoms with E-state index in [1.54, 1.807) is 6.07 Å². The van der Waals surface area contributed by atoms with Gasteiger partial charge < -0.3 is 5.11 Å². The summed E-state index contributed by atoms with van der Waals surface area (Å²) in [7, 11) is 2.08. The molecule has 1 aliphatic heterocycles. The molecule has 1 N–H and O–H groups in total. The standard InChI is InChI=1S/C20H13NOS/c1-21-16-11-12(22)9-10-13(16)14-6-4-8-18-19(14)20(21)15-5-2-3-7-17(15)23-18/h2-11H,1H3/p+1. The third-order valence-corrected chi connectivity index (χ3v) is 5.73. The molecule has 0 aliphatic carbocycles. The lowest BCUT2D eigenvalue weighted by Crippen LogP contribution is -2.33. The predicted molar refractivity (Wildman–Crippen MR) is 93.9 cm³/mol. The molecule has 110 valence electrons. The van der Waals surface area contributed by atoms with Gasteiger partial charge >= 0.3 is 0 Å². The van der Waals surface area contributed by atoms with Crippen molar-refractivity contribution >= 4 is 33.4 Å². The largest absolute Gasteiger partial charge is 0.508 e. The van der Waals surface area contributed by atoms with Crippen molar-refractivity contribution in [1.29, 1.82) is 0 Å². The van der Waals surface area contributed by atoms with Gasteiger partial charge in [-0.2, -0.15) is 4.57 Å². The summed E-state index contributed by atoms with van der Waals surface area (Å²) in [6.45, 7) is 0. The van der Waals surface area contributed by atoms with Crippen LogP contribution in [0.2, 0.25) is 0 Å². The molecule has 3 heteroatoms. The van der Waals surface area contributed by atoms with Crippen LogP contribution in [-0.4, -0.2) is 5.11 Å². The number of rotatable bonds is 0. The van der Waals surface area contributed by atoms with E-state index in [4.69, 9.17) is 0 Å². The summed E-state index contributed by atoms with van der Waals surface area (Å²) >= 11 is 1.83. The van der Waals surface area contributed by atoms with Crippen LogP contribution < -0.4 is 4.57 Å². The second-order valence-corrected chi connectivity index (χ2v) is 6.97. The Morgan fingerprint density at radius 2 is 1.70 bits per heavy atom. The van der Waals surface area contributed by atoms with E-state index in [1.807, 2.05) is 23.9 Å². The smallest absolute Gasteiger partial charge is 0.222 e. The molecule has 5 rings (SSSR count). The Labute approximate surface area is 138 Å². The van der Waals surface area contributed by atoms with Gasteiger partial charge in [0.25, 0.3) is 0 Å². The van der Waals surface area contributed by atoms with E-state index in [-0.39, 0.29) is 0 Å². The highest BCUT2D eigenvalue weighted by Crippen LogP contribution is 2.47. The minimum atomic E-state index is 0.300. The van der Waals surface area contributed by atoms with Gasteiger partial charge in [0, 0.05) is 15.2 Å². The minimum Gasteiger partial charge on any atom is -0.508 e. The van der Waals surface area contributed by atoms with Gasteiger partial charge in [0.2, 0.25) is 11.2 Å². The third-order valence-electron chi connectivity index (χ3n) is 4.59. The zero-order valence-corrected chi connectivity index (χ0v) is 13.4. The Kier molecular flexibility index (Phi) is 2.53. The second-order valence-electron chi connectivity index (χ2n) is 5.89. The number of aromatic hydroxyl groups is 1. The Bertz CT molecular complexity index is 1120. The van der Waals surface area contributed by atoms with E-state index in [2.05, 4.69) is 54.1 Å². The highest BCUT2D eigenvalue weighted by Gasteiger charge is 2.28. The zero-order chi connectivity index (χ0) is 15.6. The molecule has 3 aromatic carbocycles. The summed E-state index contributed by atoms with van der Waals surface area (Å²) in [4.78, 5) is 2.57. The summed E-state index contributed by atoms with van der Waals surface area (Å²) in [5, 5.41) is 13.7. The van der Waals surface area contributed by atoms with Gasteiger partial charge in [-0.25, -0.2) is 0 Å². The molecule has 0 atom stereocenters. The molecular weight excluding hydrogens is 302 g/mol. The number of phenols is 1. The molecule has 2 nitrogen and oxygen atoms in total. The van der Waals surface area contributed by atoms with Crippen LogP contribution in [0.15, 0.2) is 70.5 Å². The van der Waals surface area contributed by atoms with Crippen molar-refractivity contribution in [3.8, 4) is 17.0 Å². The SMILES string of the molecule is C[n+]1c2c3c(cccc3c3ccc(O)cc31)Sc1ccccc1-2. The number of phenolic OH excluding ortho intramolecular Hbond substituents is 1. The van der Waals surface area contributed by atoms with Gasteiger partial charge in [-0.15, -0.1) is 0 Å². The number of nitrogens with zero attached hydrogens (tertiary/aromatic N) is 1. The molecule has 0 fully saturated rings. The van der Waals surface area contributed by atoms with Gasteiger partial charge in [0.15, 0.2) is 0 Å². The number of benzene rings is 3. The van der Waals surface area contributed by atoms with Crippen LogP contribution in [0.4, 0.5) is 0 Å². The van der Waals surface area contributed by atoms with E-state index in [1.165, 1.54) is 37.2 Å². The van der Waals surface area contributed by atoms with Crippen molar-refractivity contribution in [2.24, 2.45) is 7.05 Å². The molecule has 0 radical (unpaired) electrons. The molecule has 4 aromatic rings. The van der Waals surface area contributed by atoms with Crippen molar-refractivity contribution in [3.05, 3.63) is 60.7 Å². The average molecular weight is 316 g/mol. The minimum absolute atomic E-state index is 0.300. The van der Waals surface area contributed by atoms with Crippen molar-refractivity contribution in [2.75, 3.05) is 0 Å². The van der Waals surface area contributed by atoms with E-state index in [0.717, 1.165) is 5.52 Å². The van der Waals surface area contributed by atoms with Crippen molar-refractivity contribution < 1.29 is 9.67 Å². The number of hydrogen-bond acceptors (Lipinski definition) is 2. The lowest BCUT2D eigenvalue weighted by Gasteiger charge is -2.19. The monoisotopic (exact) mass is 316 g/mol. The van der Waals surface area contributed by atoms with Gasteiger partial charge in [-0.1, -0.05) is 36.0 Å². The van der Waals surface area contributed by atoms with Crippen molar-refractivity contribution in [2.45, 2.75) is 9.79 Å². The normalized spacial score (nSPS) is 12.6. The van der Waals surface area contributed by atoms with Crippen LogP contribution in [-0.2, 0) is 7.05 Å². The van der Waals surface area contributed by atoms with Crippen LogP contribution in [0.3, 0.4) is 0 Å². The quantitative estimate of drug-likeness (QED) is 0.332. The molecule has 1 aromatic heterocycles. The lowest BCUT2D eigenvalue weighted by molar-refractivity contribution is -0.632. The summed E-state index contributed by atoms with van der Waals surface area (Å²) < 4.78 is 2.21. The molecule has 0 amide bonds. The second kappa shape index (κ2) is 4.49. The fraction of sp³-hybridized carbons (Fsp3) is 0.0500. The van der Waals surface area contributed by atoms with E-state index in [9.17, 15) is 5.11 Å². The van der Waals surface area contributed by atoms with Crippen LogP contribution in [0.25, 0.3) is 32.9 Å². The maximum Gasteiger partial charge on any atom is 0.222 e. The van der Waals surface area contributed by atoms with Crippen LogP contribution in [0.1, 0.15) is 0 Å². The van der Waals surface area contributed by atoms with E-state index in [0.29, 0.717) is 5.75 Å². The average Bonchev–Trinajstić information content (AvgIpc) is 2.58. The highest BCUT2D eigenvalue weighted by atomic mass is 32.2. The first-order valence-corrected chi connectivity index (χ1v) is 8.40. The first-order valence-electron chi connectivity index (χ1n) is 7.59. The van der Waals surface area contributed by atoms with Gasteiger partial charge in [0.1, 0.15) is 12.8 Å². The number of pyridine rings is 1. The lowest BCUT2D eigenvalue weighted by atomic mass is 9.98. The van der Waals surface area contributed by atoms with Crippen molar-refractivity contribution in [1.82, 2.24) is 0 Å². The Hall–Kier alpha value is -2.52. The van der Waals surface area contributed by atoms with Crippen LogP contribution in [0, 0.1) is 0 Å². The Morgan fingerprint density at radius 3 is 2.61 bits per heavy atom. The number of aromatic nitrogens is 1. The van der Waals surface area contributed by atoms with Gasteiger partial charge in [-0.05, 0) is 30.3 Å². The predicted octanol–water partition coefficient (Wildman–Crippen LogP) is 4.65. The maximum atomic E-state index is 9.94. The van der Waals surface area contributed by atoms with Crippen molar-refractivity contribution in [3.63, 3.8) is 0 Å². The molecule has 0 saturated heterocycles. The Morgan fingerprint density at radius 1 is 0.870 bits per heavy atom. The fourth-order valence-corrected chi connectivity index (χ4v) is 4.70. The molecule has 23 heavy (non-hydrogen) atoms. The fourth-order valence-electron chi connectivity index (χ4n) is 3.58.